The topological polar surface area (TPSA) is 41.1 Å². The number of amides is 1. The highest BCUT2D eigenvalue weighted by Crippen LogP contribution is 2.11. The third kappa shape index (κ3) is 3.80. The van der Waals surface area contributed by atoms with Crippen LogP contribution in [0, 0.1) is 0 Å². The standard InChI is InChI=1S/C16H24N2O/c1-3-5-13-7-9-14(10-8-13)16(19)18-15-6-4-11-17-12(15)2/h7-10,12,15,17H,3-6,11H2,1-2H3,(H,18,19). The molecule has 1 amide bonds. The molecule has 2 rings (SSSR count). The van der Waals surface area contributed by atoms with Gasteiger partial charge < -0.3 is 10.6 Å². The molecule has 0 aromatic heterocycles. The molecule has 2 unspecified atom stereocenters. The van der Waals surface area contributed by atoms with Gasteiger partial charge in [0.2, 0.25) is 0 Å². The molecule has 0 aliphatic carbocycles. The molecular formula is C16H24N2O. The highest BCUT2D eigenvalue weighted by molar-refractivity contribution is 5.94. The van der Waals surface area contributed by atoms with Gasteiger partial charge in [-0.2, -0.15) is 0 Å². The molecule has 1 fully saturated rings. The van der Waals surface area contributed by atoms with Gasteiger partial charge >= 0.3 is 0 Å². The first-order valence-electron chi connectivity index (χ1n) is 7.34. The van der Waals surface area contributed by atoms with Crippen molar-refractivity contribution in [3.05, 3.63) is 35.4 Å². The monoisotopic (exact) mass is 260 g/mol. The zero-order chi connectivity index (χ0) is 13.7. The van der Waals surface area contributed by atoms with E-state index < -0.39 is 0 Å². The number of nitrogens with one attached hydrogen (secondary N) is 2. The largest absolute Gasteiger partial charge is 0.348 e. The summed E-state index contributed by atoms with van der Waals surface area (Å²) >= 11 is 0. The highest BCUT2D eigenvalue weighted by Gasteiger charge is 2.22. The second-order valence-electron chi connectivity index (χ2n) is 5.41. The number of carbonyl (C=O) groups is 1. The van der Waals surface area contributed by atoms with Gasteiger partial charge in [-0.15, -0.1) is 0 Å². The van der Waals surface area contributed by atoms with Gasteiger partial charge in [-0.3, -0.25) is 4.79 Å². The molecule has 104 valence electrons. The first kappa shape index (κ1) is 14.1. The van der Waals surface area contributed by atoms with Gasteiger partial charge in [-0.1, -0.05) is 25.5 Å². The number of carbonyl (C=O) groups excluding carboxylic acids is 1. The predicted molar refractivity (Wildman–Crippen MR) is 78.4 cm³/mol. The van der Waals surface area contributed by atoms with Gasteiger partial charge in [0.15, 0.2) is 0 Å². The van der Waals surface area contributed by atoms with Crippen molar-refractivity contribution in [2.45, 2.75) is 51.6 Å². The molecule has 19 heavy (non-hydrogen) atoms. The number of rotatable bonds is 4. The Bertz CT molecular complexity index is 413. The Morgan fingerprint density at radius 2 is 2.11 bits per heavy atom. The number of aryl methyl sites for hydroxylation is 1. The molecule has 1 aromatic carbocycles. The van der Waals surface area contributed by atoms with Crippen LogP contribution < -0.4 is 10.6 Å². The summed E-state index contributed by atoms with van der Waals surface area (Å²) in [6, 6.07) is 8.58. The van der Waals surface area contributed by atoms with Gasteiger partial charge in [0, 0.05) is 17.6 Å². The van der Waals surface area contributed by atoms with Crippen LogP contribution in [0.5, 0.6) is 0 Å². The van der Waals surface area contributed by atoms with Crippen molar-refractivity contribution in [1.82, 2.24) is 10.6 Å². The first-order valence-corrected chi connectivity index (χ1v) is 7.34. The molecule has 0 bridgehead atoms. The maximum Gasteiger partial charge on any atom is 0.251 e. The fourth-order valence-corrected chi connectivity index (χ4v) is 2.60. The molecule has 1 aromatic rings. The summed E-state index contributed by atoms with van der Waals surface area (Å²) in [5, 5.41) is 6.53. The quantitative estimate of drug-likeness (QED) is 0.873. The van der Waals surface area contributed by atoms with Gasteiger partial charge in [0.05, 0.1) is 0 Å². The third-order valence-electron chi connectivity index (χ3n) is 3.83. The summed E-state index contributed by atoms with van der Waals surface area (Å²) in [5.74, 6) is 0.0450. The van der Waals surface area contributed by atoms with Crippen LogP contribution in [-0.2, 0) is 6.42 Å². The minimum absolute atomic E-state index is 0.0450. The molecular weight excluding hydrogens is 236 g/mol. The summed E-state index contributed by atoms with van der Waals surface area (Å²) in [7, 11) is 0. The molecule has 3 heteroatoms. The van der Waals surface area contributed by atoms with E-state index >= 15 is 0 Å². The third-order valence-corrected chi connectivity index (χ3v) is 3.83. The summed E-state index contributed by atoms with van der Waals surface area (Å²) in [6.07, 6.45) is 4.40. The lowest BCUT2D eigenvalue weighted by Gasteiger charge is -2.30. The highest BCUT2D eigenvalue weighted by atomic mass is 16.1. The van der Waals surface area contributed by atoms with Gasteiger partial charge in [-0.05, 0) is 50.4 Å². The van der Waals surface area contributed by atoms with E-state index in [0.717, 1.165) is 37.8 Å². The molecule has 1 saturated heterocycles. The van der Waals surface area contributed by atoms with E-state index in [4.69, 9.17) is 0 Å². The Hall–Kier alpha value is -1.35. The zero-order valence-electron chi connectivity index (χ0n) is 11.9. The molecule has 0 spiro atoms. The number of piperidine rings is 1. The van der Waals surface area contributed by atoms with Crippen LogP contribution >= 0.6 is 0 Å². The van der Waals surface area contributed by atoms with Crippen LogP contribution in [0.3, 0.4) is 0 Å². The van der Waals surface area contributed by atoms with E-state index in [1.165, 1.54) is 5.56 Å². The number of hydrogen-bond acceptors (Lipinski definition) is 2. The smallest absolute Gasteiger partial charge is 0.251 e. The van der Waals surface area contributed by atoms with Crippen molar-refractivity contribution in [1.29, 1.82) is 0 Å². The fourth-order valence-electron chi connectivity index (χ4n) is 2.60. The molecule has 2 N–H and O–H groups in total. The van der Waals surface area contributed by atoms with Crippen molar-refractivity contribution >= 4 is 5.91 Å². The number of benzene rings is 1. The van der Waals surface area contributed by atoms with E-state index in [2.05, 4.69) is 36.6 Å². The first-order chi connectivity index (χ1) is 9.20. The molecule has 3 nitrogen and oxygen atoms in total. The Kier molecular flexibility index (Phi) is 4.97. The van der Waals surface area contributed by atoms with Crippen molar-refractivity contribution < 1.29 is 4.79 Å². The van der Waals surface area contributed by atoms with E-state index in [-0.39, 0.29) is 11.9 Å². The fraction of sp³-hybridized carbons (Fsp3) is 0.562. The van der Waals surface area contributed by atoms with Crippen LogP contribution in [0.25, 0.3) is 0 Å². The summed E-state index contributed by atoms with van der Waals surface area (Å²) in [4.78, 5) is 12.2. The van der Waals surface area contributed by atoms with Crippen molar-refractivity contribution in [2.75, 3.05) is 6.54 Å². The predicted octanol–water partition coefficient (Wildman–Crippen LogP) is 2.51. The van der Waals surface area contributed by atoms with Gasteiger partial charge in [0.25, 0.3) is 5.91 Å². The average Bonchev–Trinajstić information content (AvgIpc) is 2.42. The lowest BCUT2D eigenvalue weighted by atomic mass is 9.99. The van der Waals surface area contributed by atoms with Crippen LogP contribution in [0.1, 0.15) is 49.0 Å². The Morgan fingerprint density at radius 3 is 2.74 bits per heavy atom. The second-order valence-corrected chi connectivity index (χ2v) is 5.41. The SMILES string of the molecule is CCCc1ccc(C(=O)NC2CCCNC2C)cc1. The molecule has 0 saturated carbocycles. The average molecular weight is 260 g/mol. The summed E-state index contributed by atoms with van der Waals surface area (Å²) in [5.41, 5.74) is 2.06. The number of hydrogen-bond donors (Lipinski definition) is 2. The minimum atomic E-state index is 0.0450. The Balaban J connectivity index is 1.95. The maximum atomic E-state index is 12.2. The molecule has 0 radical (unpaired) electrons. The molecule has 1 aliphatic heterocycles. The van der Waals surface area contributed by atoms with E-state index in [0.29, 0.717) is 6.04 Å². The Morgan fingerprint density at radius 1 is 1.37 bits per heavy atom. The zero-order valence-corrected chi connectivity index (χ0v) is 11.9. The Labute approximate surface area is 115 Å². The molecule has 2 atom stereocenters. The van der Waals surface area contributed by atoms with Crippen LogP contribution in [0.4, 0.5) is 0 Å². The van der Waals surface area contributed by atoms with Gasteiger partial charge in [0.1, 0.15) is 0 Å². The van der Waals surface area contributed by atoms with Crippen LogP contribution in [0.15, 0.2) is 24.3 Å². The van der Waals surface area contributed by atoms with E-state index in [9.17, 15) is 4.79 Å². The van der Waals surface area contributed by atoms with Crippen molar-refractivity contribution in [3.63, 3.8) is 0 Å². The molecule has 1 aliphatic rings. The molecule has 1 heterocycles. The maximum absolute atomic E-state index is 12.2. The normalized spacial score (nSPS) is 23.1. The van der Waals surface area contributed by atoms with E-state index in [1.54, 1.807) is 0 Å². The lowest BCUT2D eigenvalue weighted by molar-refractivity contribution is 0.0920. The van der Waals surface area contributed by atoms with Gasteiger partial charge in [-0.25, -0.2) is 0 Å². The summed E-state index contributed by atoms with van der Waals surface area (Å²) < 4.78 is 0. The summed E-state index contributed by atoms with van der Waals surface area (Å²) in [6.45, 7) is 5.35. The second kappa shape index (κ2) is 6.71. The lowest BCUT2D eigenvalue weighted by Crippen LogP contribution is -2.51. The van der Waals surface area contributed by atoms with E-state index in [1.807, 2.05) is 12.1 Å². The minimum Gasteiger partial charge on any atom is -0.348 e. The van der Waals surface area contributed by atoms with Crippen LogP contribution in [-0.4, -0.2) is 24.5 Å². The van der Waals surface area contributed by atoms with Crippen molar-refractivity contribution in [3.8, 4) is 0 Å². The van der Waals surface area contributed by atoms with Crippen molar-refractivity contribution in [2.24, 2.45) is 0 Å². The van der Waals surface area contributed by atoms with Crippen LogP contribution in [0.2, 0.25) is 0 Å².